The van der Waals surface area contributed by atoms with Crippen molar-refractivity contribution in [3.8, 4) is 0 Å². The Kier molecular flexibility index (Phi) is 1.77. The van der Waals surface area contributed by atoms with Gasteiger partial charge < -0.3 is 15.1 Å². The molecule has 2 atom stereocenters. The highest BCUT2D eigenvalue weighted by molar-refractivity contribution is 5.11. The number of hydrogen-bond acceptors (Lipinski definition) is 3. The molecule has 0 spiro atoms. The Bertz CT molecular complexity index is 248. The fourth-order valence-corrected chi connectivity index (χ4v) is 3.09. The molecule has 3 rings (SSSR count). The monoisotopic (exact) mass is 197 g/mol. The van der Waals surface area contributed by atoms with Crippen molar-refractivity contribution in [3.63, 3.8) is 0 Å². The molecule has 0 aromatic heterocycles. The first-order valence-corrected chi connectivity index (χ1v) is 5.66. The third-order valence-electron chi connectivity index (χ3n) is 4.54. The van der Waals surface area contributed by atoms with E-state index in [4.69, 9.17) is 0 Å². The van der Waals surface area contributed by atoms with E-state index in [9.17, 15) is 10.2 Å². The van der Waals surface area contributed by atoms with Gasteiger partial charge in [-0.25, -0.2) is 0 Å². The molecule has 0 aromatic carbocycles. The van der Waals surface area contributed by atoms with E-state index < -0.39 is 0 Å². The van der Waals surface area contributed by atoms with Crippen LogP contribution in [0.15, 0.2) is 0 Å². The molecule has 80 valence electrons. The van der Waals surface area contributed by atoms with Crippen molar-refractivity contribution in [1.29, 1.82) is 0 Å². The highest BCUT2D eigenvalue weighted by Crippen LogP contribution is 2.58. The normalized spacial score (nSPS) is 43.7. The molecule has 0 radical (unpaired) electrons. The molecule has 3 fully saturated rings. The van der Waals surface area contributed by atoms with Crippen molar-refractivity contribution >= 4 is 0 Å². The van der Waals surface area contributed by atoms with Gasteiger partial charge in [-0.05, 0) is 25.2 Å². The zero-order valence-electron chi connectivity index (χ0n) is 8.58. The summed E-state index contributed by atoms with van der Waals surface area (Å²) < 4.78 is 0. The van der Waals surface area contributed by atoms with E-state index in [-0.39, 0.29) is 10.8 Å². The van der Waals surface area contributed by atoms with E-state index in [0.717, 1.165) is 25.6 Å². The van der Waals surface area contributed by atoms with Crippen LogP contribution >= 0.6 is 0 Å². The second kappa shape index (κ2) is 2.71. The first kappa shape index (κ1) is 9.13. The summed E-state index contributed by atoms with van der Waals surface area (Å²) in [7, 11) is 0. The summed E-state index contributed by atoms with van der Waals surface area (Å²) >= 11 is 0. The molecule has 1 saturated heterocycles. The molecule has 1 aliphatic heterocycles. The van der Waals surface area contributed by atoms with Gasteiger partial charge in [0.2, 0.25) is 0 Å². The smallest absolute Gasteiger partial charge is 0.0502 e. The van der Waals surface area contributed by atoms with E-state index in [1.165, 1.54) is 19.3 Å². The number of rotatable bonds is 4. The van der Waals surface area contributed by atoms with Crippen LogP contribution in [0.2, 0.25) is 0 Å². The zero-order chi connectivity index (χ0) is 9.81. The highest BCUT2D eigenvalue weighted by atomic mass is 16.3. The van der Waals surface area contributed by atoms with E-state index in [1.54, 1.807) is 0 Å². The molecule has 2 N–H and O–H groups in total. The van der Waals surface area contributed by atoms with Crippen LogP contribution in [0.3, 0.4) is 0 Å². The van der Waals surface area contributed by atoms with Crippen LogP contribution in [0.4, 0.5) is 0 Å². The maximum Gasteiger partial charge on any atom is 0.0502 e. The lowest BCUT2D eigenvalue weighted by Gasteiger charge is -2.24. The van der Waals surface area contributed by atoms with Gasteiger partial charge in [0.1, 0.15) is 0 Å². The first-order valence-electron chi connectivity index (χ1n) is 5.66. The fraction of sp³-hybridized carbons (Fsp3) is 1.00. The number of likely N-dealkylation sites (tertiary alicyclic amines) is 1. The lowest BCUT2D eigenvalue weighted by molar-refractivity contribution is 0.138. The van der Waals surface area contributed by atoms with Crippen LogP contribution in [0, 0.1) is 16.7 Å². The predicted octanol–water partition coefficient (Wildman–Crippen LogP) is 0.0731. The molecule has 3 heteroatoms. The number of aliphatic hydroxyl groups is 2. The Morgan fingerprint density at radius 2 is 2.00 bits per heavy atom. The average Bonchev–Trinajstić information content (AvgIpc) is 3.07. The Labute approximate surface area is 84.7 Å². The number of piperidine rings is 1. The molecule has 3 nitrogen and oxygen atoms in total. The minimum Gasteiger partial charge on any atom is -0.396 e. The van der Waals surface area contributed by atoms with Crippen LogP contribution < -0.4 is 0 Å². The summed E-state index contributed by atoms with van der Waals surface area (Å²) in [6.45, 7) is 3.99. The Balaban J connectivity index is 1.57. The molecular weight excluding hydrogens is 178 g/mol. The highest BCUT2D eigenvalue weighted by Gasteiger charge is 2.60. The summed E-state index contributed by atoms with van der Waals surface area (Å²) in [6, 6.07) is 0. The van der Waals surface area contributed by atoms with E-state index in [1.807, 2.05) is 0 Å². The fourth-order valence-electron chi connectivity index (χ4n) is 3.09. The third kappa shape index (κ3) is 1.23. The van der Waals surface area contributed by atoms with E-state index in [2.05, 4.69) is 4.90 Å². The number of fused-ring (bicyclic) bond motifs is 1. The molecule has 2 aliphatic carbocycles. The van der Waals surface area contributed by atoms with Gasteiger partial charge in [0.15, 0.2) is 0 Å². The lowest BCUT2D eigenvalue weighted by Crippen LogP contribution is -2.33. The molecule has 2 saturated carbocycles. The van der Waals surface area contributed by atoms with Gasteiger partial charge in [-0.15, -0.1) is 0 Å². The van der Waals surface area contributed by atoms with Crippen molar-refractivity contribution in [3.05, 3.63) is 0 Å². The van der Waals surface area contributed by atoms with Gasteiger partial charge >= 0.3 is 0 Å². The van der Waals surface area contributed by atoms with Gasteiger partial charge in [0, 0.05) is 37.1 Å². The van der Waals surface area contributed by atoms with Crippen molar-refractivity contribution < 1.29 is 10.2 Å². The Morgan fingerprint density at radius 1 is 1.21 bits per heavy atom. The number of hydrogen-bond donors (Lipinski definition) is 2. The number of aliphatic hydroxyl groups excluding tert-OH is 2. The maximum absolute atomic E-state index is 9.28. The van der Waals surface area contributed by atoms with Crippen LogP contribution in [-0.4, -0.2) is 48.0 Å². The zero-order valence-corrected chi connectivity index (χ0v) is 8.58. The van der Waals surface area contributed by atoms with Crippen LogP contribution in [0.5, 0.6) is 0 Å². The maximum atomic E-state index is 9.28. The summed E-state index contributed by atoms with van der Waals surface area (Å²) in [4.78, 5) is 2.45. The molecule has 0 bridgehead atoms. The van der Waals surface area contributed by atoms with Crippen molar-refractivity contribution in [2.75, 3.05) is 32.8 Å². The molecular formula is C11H19NO2. The predicted molar refractivity (Wildman–Crippen MR) is 52.8 cm³/mol. The molecule has 0 amide bonds. The molecule has 3 aliphatic rings. The Hall–Kier alpha value is -0.120. The molecule has 14 heavy (non-hydrogen) atoms. The van der Waals surface area contributed by atoms with Crippen molar-refractivity contribution in [1.82, 2.24) is 4.90 Å². The van der Waals surface area contributed by atoms with E-state index >= 15 is 0 Å². The van der Waals surface area contributed by atoms with E-state index in [0.29, 0.717) is 13.2 Å². The standard InChI is InChI=1S/C11H19NO2/c13-7-10(1-2-10)5-12-4-9-3-11(9,6-12)8-14/h9,13-14H,1-8H2/t9?,11-/m1/s1. The number of nitrogens with zero attached hydrogens (tertiary/aromatic N) is 1. The van der Waals surface area contributed by atoms with Crippen LogP contribution in [0.25, 0.3) is 0 Å². The second-order valence-electron chi connectivity index (χ2n) is 5.75. The second-order valence-corrected chi connectivity index (χ2v) is 5.75. The first-order chi connectivity index (χ1) is 6.72. The van der Waals surface area contributed by atoms with Gasteiger partial charge in [-0.1, -0.05) is 0 Å². The van der Waals surface area contributed by atoms with Crippen molar-refractivity contribution in [2.45, 2.75) is 19.3 Å². The summed E-state index contributed by atoms with van der Waals surface area (Å²) in [5, 5.41) is 18.5. The topological polar surface area (TPSA) is 43.7 Å². The van der Waals surface area contributed by atoms with Crippen molar-refractivity contribution in [2.24, 2.45) is 16.7 Å². The summed E-state index contributed by atoms with van der Waals surface area (Å²) in [5.41, 5.74) is 0.513. The van der Waals surface area contributed by atoms with Crippen LogP contribution in [0.1, 0.15) is 19.3 Å². The van der Waals surface area contributed by atoms with Crippen LogP contribution in [-0.2, 0) is 0 Å². The average molecular weight is 197 g/mol. The summed E-state index contributed by atoms with van der Waals surface area (Å²) in [5.74, 6) is 0.752. The molecule has 1 unspecified atom stereocenters. The SMILES string of the molecule is OCC1(CN2CC3C[C@]3(CO)C2)CC1. The largest absolute Gasteiger partial charge is 0.396 e. The summed E-state index contributed by atoms with van der Waals surface area (Å²) in [6.07, 6.45) is 3.61. The van der Waals surface area contributed by atoms with Gasteiger partial charge in [0.05, 0.1) is 6.61 Å². The third-order valence-corrected chi connectivity index (χ3v) is 4.54. The Morgan fingerprint density at radius 3 is 2.50 bits per heavy atom. The quantitative estimate of drug-likeness (QED) is 0.670. The van der Waals surface area contributed by atoms with Gasteiger partial charge in [0.25, 0.3) is 0 Å². The lowest BCUT2D eigenvalue weighted by atomic mass is 10.1. The minimum absolute atomic E-state index is 0.243. The molecule has 0 aromatic rings. The molecule has 1 heterocycles. The van der Waals surface area contributed by atoms with Gasteiger partial charge in [-0.3, -0.25) is 0 Å². The van der Waals surface area contributed by atoms with Gasteiger partial charge in [-0.2, -0.15) is 0 Å². The minimum atomic E-state index is 0.243.